The van der Waals surface area contributed by atoms with Crippen molar-refractivity contribution in [3.8, 4) is 0 Å². The first-order chi connectivity index (χ1) is 5.91. The van der Waals surface area contributed by atoms with Gasteiger partial charge < -0.3 is 11.1 Å². The monoisotopic (exact) mass is 166 g/mol. The molecule has 0 aliphatic rings. The van der Waals surface area contributed by atoms with E-state index >= 15 is 0 Å². The van der Waals surface area contributed by atoms with Gasteiger partial charge in [0.1, 0.15) is 0 Å². The average Bonchev–Trinajstić information content (AvgIpc) is 2.10. The molecule has 0 saturated heterocycles. The number of allylic oxidation sites excluding steroid dienone is 5. The molecule has 0 saturated carbocycles. The van der Waals surface area contributed by atoms with Gasteiger partial charge in [-0.15, -0.1) is 0 Å². The third kappa shape index (κ3) is 8.98. The molecule has 0 aromatic carbocycles. The minimum absolute atomic E-state index is 0.679. The fraction of sp³-hybridized carbons (Fsp3) is 0.400. The Kier molecular flexibility index (Phi) is 9.13. The molecule has 0 bridgehead atoms. The first kappa shape index (κ1) is 11.0. The van der Waals surface area contributed by atoms with Crippen LogP contribution in [-0.2, 0) is 0 Å². The van der Waals surface area contributed by atoms with Crippen LogP contribution in [0, 0.1) is 0 Å². The van der Waals surface area contributed by atoms with Gasteiger partial charge in [-0.05, 0) is 19.5 Å². The summed E-state index contributed by atoms with van der Waals surface area (Å²) in [7, 11) is 0. The Morgan fingerprint density at radius 2 is 2.08 bits per heavy atom. The molecule has 3 N–H and O–H groups in total. The van der Waals surface area contributed by atoms with Crippen molar-refractivity contribution in [3.63, 3.8) is 0 Å². The minimum Gasteiger partial charge on any atom is -0.390 e. The highest BCUT2D eigenvalue weighted by atomic mass is 14.8. The molecule has 0 aromatic heterocycles. The number of rotatable bonds is 6. The Morgan fingerprint density at radius 3 is 2.75 bits per heavy atom. The van der Waals surface area contributed by atoms with Gasteiger partial charge in [-0.1, -0.05) is 30.4 Å². The van der Waals surface area contributed by atoms with E-state index < -0.39 is 0 Å². The highest BCUT2D eigenvalue weighted by Crippen LogP contribution is 1.85. The van der Waals surface area contributed by atoms with Gasteiger partial charge in [0.25, 0.3) is 0 Å². The summed E-state index contributed by atoms with van der Waals surface area (Å²) in [6.45, 7) is 3.52. The van der Waals surface area contributed by atoms with Crippen molar-refractivity contribution in [2.24, 2.45) is 5.73 Å². The van der Waals surface area contributed by atoms with Crippen molar-refractivity contribution in [1.82, 2.24) is 5.32 Å². The highest BCUT2D eigenvalue weighted by molar-refractivity contribution is 5.03. The molecule has 0 aliphatic heterocycles. The smallest absolute Gasteiger partial charge is 0.0264 e. The lowest BCUT2D eigenvalue weighted by atomic mass is 10.3. The van der Waals surface area contributed by atoms with Crippen molar-refractivity contribution >= 4 is 0 Å². The average molecular weight is 166 g/mol. The molecule has 0 fully saturated rings. The lowest BCUT2D eigenvalue weighted by molar-refractivity contribution is 0.840. The van der Waals surface area contributed by atoms with Gasteiger partial charge in [-0.25, -0.2) is 0 Å². The van der Waals surface area contributed by atoms with Gasteiger partial charge in [-0.2, -0.15) is 0 Å². The molecule has 2 nitrogen and oxygen atoms in total. The van der Waals surface area contributed by atoms with Crippen LogP contribution in [0.4, 0.5) is 0 Å². The summed E-state index contributed by atoms with van der Waals surface area (Å²) in [5, 5.41) is 3.07. The predicted molar refractivity (Wildman–Crippen MR) is 54.8 cm³/mol. The normalized spacial score (nSPS) is 12.2. The molecule has 0 unspecified atom stereocenters. The summed E-state index contributed by atoms with van der Waals surface area (Å²) in [6.07, 6.45) is 13.1. The number of hydrogen-bond acceptors (Lipinski definition) is 2. The molecular formula is C10H18N2. The Balaban J connectivity index is 3.23. The van der Waals surface area contributed by atoms with Crippen LogP contribution in [0.5, 0.6) is 0 Å². The lowest BCUT2D eigenvalue weighted by Crippen LogP contribution is -2.16. The van der Waals surface area contributed by atoms with E-state index in [9.17, 15) is 0 Å². The second-order valence-corrected chi connectivity index (χ2v) is 2.33. The molecule has 0 atom stereocenters. The molecule has 0 radical (unpaired) electrons. The largest absolute Gasteiger partial charge is 0.390 e. The third-order valence-corrected chi connectivity index (χ3v) is 1.24. The maximum atomic E-state index is 5.29. The zero-order chi connectivity index (χ0) is 9.07. The van der Waals surface area contributed by atoms with Crippen molar-refractivity contribution < 1.29 is 0 Å². The second-order valence-electron chi connectivity index (χ2n) is 2.33. The van der Waals surface area contributed by atoms with Crippen LogP contribution < -0.4 is 11.1 Å². The first-order valence-corrected chi connectivity index (χ1v) is 4.28. The summed E-state index contributed by atoms with van der Waals surface area (Å²) >= 11 is 0. The van der Waals surface area contributed by atoms with Crippen LogP contribution in [0.2, 0.25) is 0 Å². The summed E-state index contributed by atoms with van der Waals surface area (Å²) in [5.74, 6) is 0. The van der Waals surface area contributed by atoms with Crippen molar-refractivity contribution in [1.29, 1.82) is 0 Å². The first-order valence-electron chi connectivity index (χ1n) is 4.28. The van der Waals surface area contributed by atoms with Crippen LogP contribution in [0.25, 0.3) is 0 Å². The van der Waals surface area contributed by atoms with Crippen LogP contribution in [-0.4, -0.2) is 13.1 Å². The SMILES string of the molecule is C/C=C\C=C/C/C=C\NCCN. The molecule has 2 heteroatoms. The fourth-order valence-corrected chi connectivity index (χ4v) is 0.665. The third-order valence-electron chi connectivity index (χ3n) is 1.24. The van der Waals surface area contributed by atoms with Crippen LogP contribution in [0.15, 0.2) is 36.6 Å². The Morgan fingerprint density at radius 1 is 1.25 bits per heavy atom. The van der Waals surface area contributed by atoms with Crippen molar-refractivity contribution in [2.45, 2.75) is 13.3 Å². The summed E-state index contributed by atoms with van der Waals surface area (Å²) in [6, 6.07) is 0. The van der Waals surface area contributed by atoms with E-state index in [1.165, 1.54) is 0 Å². The summed E-state index contributed by atoms with van der Waals surface area (Å²) in [5.41, 5.74) is 5.29. The van der Waals surface area contributed by atoms with Gasteiger partial charge in [0.15, 0.2) is 0 Å². The topological polar surface area (TPSA) is 38.0 Å². The molecule has 0 spiro atoms. The van der Waals surface area contributed by atoms with Crippen LogP contribution in [0.3, 0.4) is 0 Å². The number of hydrogen-bond donors (Lipinski definition) is 2. The van der Waals surface area contributed by atoms with Gasteiger partial charge in [0, 0.05) is 13.1 Å². The predicted octanol–water partition coefficient (Wildman–Crippen LogP) is 1.57. The Bertz CT molecular complexity index is 157. The molecular weight excluding hydrogens is 148 g/mol. The molecule has 0 aliphatic carbocycles. The number of nitrogens with one attached hydrogen (secondary N) is 1. The Labute approximate surface area is 74.8 Å². The Hall–Kier alpha value is -1.02. The summed E-state index contributed by atoms with van der Waals surface area (Å²) < 4.78 is 0. The van der Waals surface area contributed by atoms with Crippen LogP contribution in [0.1, 0.15) is 13.3 Å². The van der Waals surface area contributed by atoms with E-state index in [0.29, 0.717) is 6.54 Å². The molecule has 12 heavy (non-hydrogen) atoms. The molecule has 0 heterocycles. The lowest BCUT2D eigenvalue weighted by Gasteiger charge is -1.93. The van der Waals surface area contributed by atoms with E-state index in [-0.39, 0.29) is 0 Å². The summed E-state index contributed by atoms with van der Waals surface area (Å²) in [4.78, 5) is 0. The quantitative estimate of drug-likeness (QED) is 0.464. The van der Waals surface area contributed by atoms with Crippen molar-refractivity contribution in [3.05, 3.63) is 36.6 Å². The van der Waals surface area contributed by atoms with Gasteiger partial charge in [-0.3, -0.25) is 0 Å². The fourth-order valence-electron chi connectivity index (χ4n) is 0.665. The molecule has 0 aromatic rings. The zero-order valence-electron chi connectivity index (χ0n) is 7.66. The van der Waals surface area contributed by atoms with Crippen molar-refractivity contribution in [2.75, 3.05) is 13.1 Å². The van der Waals surface area contributed by atoms with Crippen LogP contribution >= 0.6 is 0 Å². The number of nitrogens with two attached hydrogens (primary N) is 1. The maximum Gasteiger partial charge on any atom is 0.0264 e. The van der Waals surface area contributed by atoms with Gasteiger partial charge in [0.05, 0.1) is 0 Å². The standard InChI is InChI=1S/C10H18N2/c1-2-3-4-5-6-7-9-12-10-8-11/h2-5,7,9,12H,6,8,10-11H2,1H3/b3-2-,5-4-,9-7-. The van der Waals surface area contributed by atoms with E-state index in [1.807, 2.05) is 31.4 Å². The van der Waals surface area contributed by atoms with Gasteiger partial charge in [0.2, 0.25) is 0 Å². The molecule has 0 rings (SSSR count). The second kappa shape index (κ2) is 9.98. The maximum absolute atomic E-state index is 5.29. The minimum atomic E-state index is 0.679. The van der Waals surface area contributed by atoms with E-state index in [0.717, 1.165) is 13.0 Å². The molecule has 0 amide bonds. The van der Waals surface area contributed by atoms with E-state index in [2.05, 4.69) is 17.5 Å². The highest BCUT2D eigenvalue weighted by Gasteiger charge is 1.72. The van der Waals surface area contributed by atoms with E-state index in [1.54, 1.807) is 0 Å². The molecule has 68 valence electrons. The van der Waals surface area contributed by atoms with E-state index in [4.69, 9.17) is 5.73 Å². The zero-order valence-corrected chi connectivity index (χ0v) is 7.66. The van der Waals surface area contributed by atoms with Gasteiger partial charge >= 0.3 is 0 Å².